The first-order chi connectivity index (χ1) is 10.8. The molecule has 0 aromatic heterocycles. The van der Waals surface area contributed by atoms with Crippen LogP contribution in [0.5, 0.6) is 0 Å². The van der Waals surface area contributed by atoms with Gasteiger partial charge >= 0.3 is 0 Å². The van der Waals surface area contributed by atoms with Gasteiger partial charge in [0.2, 0.25) is 0 Å². The van der Waals surface area contributed by atoms with Crippen molar-refractivity contribution in [2.75, 3.05) is 0 Å². The molecule has 2 aromatic carbocycles. The smallest absolute Gasteiger partial charge is 0.271 e. The second-order valence-electron chi connectivity index (χ2n) is 4.85. The van der Waals surface area contributed by atoms with E-state index in [1.54, 1.807) is 0 Å². The number of rotatable bonds is 6. The fourth-order valence-electron chi connectivity index (χ4n) is 2.02. The third-order valence-corrected chi connectivity index (χ3v) is 4.24. The molecule has 0 N–H and O–H groups in total. The van der Waals surface area contributed by atoms with E-state index in [1.165, 1.54) is 16.3 Å². The average molecular weight is 304 g/mol. The van der Waals surface area contributed by atoms with Gasteiger partial charge in [-0.05, 0) is 29.7 Å². The molecule has 2 rings (SSSR count). The van der Waals surface area contributed by atoms with Gasteiger partial charge in [-0.1, -0.05) is 79.6 Å². The molecule has 0 aliphatic rings. The second-order valence-corrected chi connectivity index (χ2v) is 5.82. The molecule has 0 saturated carbocycles. The molecule has 1 nitrogen and oxygen atoms in total. The molecule has 2 heteroatoms. The summed E-state index contributed by atoms with van der Waals surface area (Å²) in [6.07, 6.45) is 3.10. The van der Waals surface area contributed by atoms with Crippen molar-refractivity contribution in [3.63, 3.8) is 0 Å². The Bertz CT molecular complexity index is 650. The second kappa shape index (κ2) is 9.04. The summed E-state index contributed by atoms with van der Waals surface area (Å²) in [5, 5.41) is 1.20. The summed E-state index contributed by atoms with van der Waals surface area (Å²) in [5.41, 5.74) is 2.39. The van der Waals surface area contributed by atoms with Gasteiger partial charge in [0.05, 0.1) is 0 Å². The zero-order valence-corrected chi connectivity index (χ0v) is 14.0. The van der Waals surface area contributed by atoms with E-state index < -0.39 is 0 Å². The maximum Gasteiger partial charge on any atom is 0.271 e. The van der Waals surface area contributed by atoms with Gasteiger partial charge in [-0.15, -0.1) is 5.92 Å². The van der Waals surface area contributed by atoms with Crippen LogP contribution in [-0.2, 0) is 4.43 Å². The normalized spacial score (nSPS) is 12.4. The summed E-state index contributed by atoms with van der Waals surface area (Å²) < 4.78 is 6.01. The van der Waals surface area contributed by atoms with Gasteiger partial charge in [0.25, 0.3) is 9.76 Å². The quantitative estimate of drug-likeness (QED) is 0.430. The summed E-state index contributed by atoms with van der Waals surface area (Å²) in [7, 11) is 0.282. The molecule has 0 fully saturated rings. The number of hydrogen-bond donors (Lipinski definition) is 0. The van der Waals surface area contributed by atoms with Crippen LogP contribution in [0.3, 0.4) is 0 Å². The van der Waals surface area contributed by atoms with Crippen molar-refractivity contribution in [2.24, 2.45) is 0 Å². The molecule has 1 atom stereocenters. The predicted octanol–water partition coefficient (Wildman–Crippen LogP) is 4.62. The summed E-state index contributed by atoms with van der Waals surface area (Å²) in [4.78, 5) is 0. The molecule has 0 amide bonds. The third kappa shape index (κ3) is 5.03. The van der Waals surface area contributed by atoms with Crippen molar-refractivity contribution in [1.29, 1.82) is 0 Å². The molecule has 110 valence electrons. The van der Waals surface area contributed by atoms with Crippen molar-refractivity contribution >= 4 is 21.0 Å². The van der Waals surface area contributed by atoms with Crippen LogP contribution in [-0.4, -0.2) is 15.9 Å². The third-order valence-electron chi connectivity index (χ3n) is 3.18. The molecule has 1 unspecified atom stereocenters. The molecule has 0 saturated heterocycles. The maximum absolute atomic E-state index is 6.01. The zero-order chi connectivity index (χ0) is 15.6. The van der Waals surface area contributed by atoms with Crippen molar-refractivity contribution in [3.05, 3.63) is 71.8 Å². The fourth-order valence-corrected chi connectivity index (χ4v) is 3.02. The summed E-state index contributed by atoms with van der Waals surface area (Å²) in [5.74, 6) is 6.05. The van der Waals surface area contributed by atoms with Crippen LogP contribution in [0.2, 0.25) is 0 Å². The first-order valence-electron chi connectivity index (χ1n) is 7.49. The highest BCUT2D eigenvalue weighted by molar-refractivity contribution is 6.57. The highest BCUT2D eigenvalue weighted by Crippen LogP contribution is 2.18. The number of hydrogen-bond acceptors (Lipinski definition) is 1. The molecule has 0 aliphatic carbocycles. The molecule has 2 aromatic rings. The molecular weight excluding hydrogens is 284 g/mol. The lowest BCUT2D eigenvalue weighted by Crippen LogP contribution is -2.14. The Labute approximate surface area is 136 Å². The Kier molecular flexibility index (Phi) is 6.69. The van der Waals surface area contributed by atoms with E-state index >= 15 is 0 Å². The van der Waals surface area contributed by atoms with Crippen LogP contribution in [0.4, 0.5) is 0 Å². The molecule has 0 bridgehead atoms. The Morgan fingerprint density at radius 2 is 1.73 bits per heavy atom. The van der Waals surface area contributed by atoms with Gasteiger partial charge in [-0.2, -0.15) is 0 Å². The van der Waals surface area contributed by atoms with Gasteiger partial charge in [-0.25, -0.2) is 0 Å². The molecule has 0 heterocycles. The fraction of sp³-hybridized carbons (Fsp3) is 0.200. The highest BCUT2D eigenvalue weighted by atomic mass is 28.2. The minimum atomic E-state index is 0.00576. The molecule has 22 heavy (non-hydrogen) atoms. The lowest BCUT2D eigenvalue weighted by Gasteiger charge is -2.12. The van der Waals surface area contributed by atoms with E-state index in [0.29, 0.717) is 0 Å². The zero-order valence-electron chi connectivity index (χ0n) is 13.0. The Hall–Kier alpha value is -2.08. The molecule has 0 spiro atoms. The SMILES string of the molecule is CC#CC(CC)O[Si]/C(=C\c1ccccc1)c1ccccc1. The van der Waals surface area contributed by atoms with E-state index in [1.807, 2.05) is 19.1 Å². The van der Waals surface area contributed by atoms with Gasteiger partial charge < -0.3 is 4.43 Å². The standard InChI is InChI=1S/C20H20OSi/c1-3-11-19(4-2)21-22-20(18-14-9-6-10-15-18)16-17-12-7-5-8-13-17/h5-10,12-16,19H,4H2,1-2H3/b20-16-. The minimum absolute atomic E-state index is 0.00576. The molecule has 0 aliphatic heterocycles. The number of benzene rings is 2. The van der Waals surface area contributed by atoms with Crippen LogP contribution >= 0.6 is 0 Å². The Balaban J connectivity index is 2.22. The Morgan fingerprint density at radius 3 is 2.32 bits per heavy atom. The lowest BCUT2D eigenvalue weighted by molar-refractivity contribution is 0.273. The van der Waals surface area contributed by atoms with Crippen LogP contribution in [0.25, 0.3) is 11.3 Å². The minimum Gasteiger partial charge on any atom is -0.398 e. The summed E-state index contributed by atoms with van der Waals surface area (Å²) >= 11 is 0. The lowest BCUT2D eigenvalue weighted by atomic mass is 10.1. The van der Waals surface area contributed by atoms with E-state index in [9.17, 15) is 0 Å². The van der Waals surface area contributed by atoms with Gasteiger partial charge in [0, 0.05) is 0 Å². The van der Waals surface area contributed by atoms with E-state index in [0.717, 1.165) is 6.42 Å². The van der Waals surface area contributed by atoms with E-state index in [4.69, 9.17) is 4.43 Å². The molecular formula is C20H20OSi. The first kappa shape index (κ1) is 16.3. The largest absolute Gasteiger partial charge is 0.398 e. The van der Waals surface area contributed by atoms with Crippen LogP contribution in [0.15, 0.2) is 60.7 Å². The van der Waals surface area contributed by atoms with Crippen LogP contribution in [0, 0.1) is 11.8 Å². The van der Waals surface area contributed by atoms with Crippen molar-refractivity contribution in [1.82, 2.24) is 0 Å². The first-order valence-corrected chi connectivity index (χ1v) is 8.40. The van der Waals surface area contributed by atoms with Crippen molar-refractivity contribution in [2.45, 2.75) is 26.4 Å². The monoisotopic (exact) mass is 304 g/mol. The van der Waals surface area contributed by atoms with Crippen molar-refractivity contribution in [3.8, 4) is 11.8 Å². The van der Waals surface area contributed by atoms with Gasteiger partial charge in [0.15, 0.2) is 0 Å². The summed E-state index contributed by atoms with van der Waals surface area (Å²) in [6.45, 7) is 3.95. The van der Waals surface area contributed by atoms with Crippen LogP contribution < -0.4 is 0 Å². The average Bonchev–Trinajstić information content (AvgIpc) is 2.59. The predicted molar refractivity (Wildman–Crippen MR) is 95.1 cm³/mol. The van der Waals surface area contributed by atoms with E-state index in [2.05, 4.69) is 73.4 Å². The van der Waals surface area contributed by atoms with Gasteiger partial charge in [-0.3, -0.25) is 0 Å². The topological polar surface area (TPSA) is 9.23 Å². The molecule has 2 radical (unpaired) electrons. The highest BCUT2D eigenvalue weighted by Gasteiger charge is 2.09. The summed E-state index contributed by atoms with van der Waals surface area (Å²) in [6, 6.07) is 20.7. The maximum atomic E-state index is 6.01. The Morgan fingerprint density at radius 1 is 1.09 bits per heavy atom. The van der Waals surface area contributed by atoms with Crippen molar-refractivity contribution < 1.29 is 4.43 Å². The van der Waals surface area contributed by atoms with E-state index in [-0.39, 0.29) is 15.9 Å². The van der Waals surface area contributed by atoms with Crippen LogP contribution in [0.1, 0.15) is 31.4 Å². The van der Waals surface area contributed by atoms with Gasteiger partial charge in [0.1, 0.15) is 6.10 Å².